The fraction of sp³-hybridized carbons (Fsp3) is 0.429. The molecular weight excluding hydrogens is 244 g/mol. The van der Waals surface area contributed by atoms with Gasteiger partial charge in [-0.05, 0) is 11.4 Å². The Morgan fingerprint density at radius 2 is 2.55 bits per heavy atom. The van der Waals surface area contributed by atoms with Gasteiger partial charge >= 0.3 is 0 Å². The zero-order valence-electron chi connectivity index (χ0n) is 5.87. The van der Waals surface area contributed by atoms with E-state index in [0.29, 0.717) is 5.33 Å². The van der Waals surface area contributed by atoms with Crippen LogP contribution in [0.5, 0.6) is 0 Å². The molecule has 11 heavy (non-hydrogen) atoms. The van der Waals surface area contributed by atoms with Crippen molar-refractivity contribution in [2.24, 2.45) is 0 Å². The lowest BCUT2D eigenvalue weighted by Crippen LogP contribution is -2.10. The molecule has 1 nitrogen and oxygen atoms in total. The molecule has 1 atom stereocenters. The molecule has 1 heterocycles. The van der Waals surface area contributed by atoms with Crippen molar-refractivity contribution in [3.63, 3.8) is 0 Å². The number of halogens is 1. The summed E-state index contributed by atoms with van der Waals surface area (Å²) in [5, 5.41) is 11.9. The van der Waals surface area contributed by atoms with E-state index in [4.69, 9.17) is 0 Å². The summed E-state index contributed by atoms with van der Waals surface area (Å²) in [6, 6.07) is 4.09. The van der Waals surface area contributed by atoms with Gasteiger partial charge in [0.1, 0.15) is 0 Å². The lowest BCUT2D eigenvalue weighted by molar-refractivity contribution is 0.226. The fourth-order valence-corrected chi connectivity index (χ4v) is 2.84. The summed E-state index contributed by atoms with van der Waals surface area (Å²) < 4.78 is 1.27. The summed E-state index contributed by atoms with van der Waals surface area (Å²) in [6.07, 6.45) is -0.234. The average Bonchev–Trinajstić information content (AvgIpc) is 2.52. The molecular formula is C7H9BrOS2. The molecule has 0 amide bonds. The van der Waals surface area contributed by atoms with Crippen molar-refractivity contribution in [2.75, 3.05) is 11.1 Å². The maximum Gasteiger partial charge on any atom is 0.0731 e. The van der Waals surface area contributed by atoms with Gasteiger partial charge in [0.05, 0.1) is 10.3 Å². The third kappa shape index (κ3) is 3.60. The van der Waals surface area contributed by atoms with Crippen LogP contribution in [0.1, 0.15) is 0 Å². The molecule has 0 aliphatic carbocycles. The van der Waals surface area contributed by atoms with Crippen LogP contribution in [0.25, 0.3) is 0 Å². The molecule has 0 saturated carbocycles. The van der Waals surface area contributed by atoms with Crippen LogP contribution in [0, 0.1) is 0 Å². The highest BCUT2D eigenvalue weighted by Gasteiger charge is 2.02. The molecule has 4 heteroatoms. The second kappa shape index (κ2) is 5.19. The number of aliphatic hydroxyl groups excluding tert-OH is 1. The van der Waals surface area contributed by atoms with Crippen molar-refractivity contribution in [1.82, 2.24) is 0 Å². The second-order valence-electron chi connectivity index (χ2n) is 2.05. The zero-order chi connectivity index (χ0) is 8.10. The lowest BCUT2D eigenvalue weighted by atomic mass is 10.5. The Hall–Kier alpha value is 0.490. The van der Waals surface area contributed by atoms with E-state index < -0.39 is 0 Å². The molecule has 1 unspecified atom stereocenters. The maximum absolute atomic E-state index is 9.19. The van der Waals surface area contributed by atoms with Crippen molar-refractivity contribution in [2.45, 2.75) is 10.3 Å². The third-order valence-electron chi connectivity index (χ3n) is 1.09. The topological polar surface area (TPSA) is 20.2 Å². The van der Waals surface area contributed by atoms with E-state index in [1.807, 2.05) is 11.4 Å². The molecule has 1 rings (SSSR count). The van der Waals surface area contributed by atoms with Gasteiger partial charge in [-0.2, -0.15) is 0 Å². The molecule has 0 radical (unpaired) electrons. The highest BCUT2D eigenvalue weighted by molar-refractivity contribution is 9.09. The minimum Gasteiger partial charge on any atom is -0.391 e. The molecule has 1 N–H and O–H groups in total. The summed E-state index contributed by atoms with van der Waals surface area (Å²) >= 11 is 6.63. The minimum absolute atomic E-state index is 0.234. The number of alkyl halides is 1. The Bertz CT molecular complexity index is 188. The smallest absolute Gasteiger partial charge is 0.0731 e. The van der Waals surface area contributed by atoms with Crippen molar-refractivity contribution in [1.29, 1.82) is 0 Å². The largest absolute Gasteiger partial charge is 0.391 e. The first kappa shape index (κ1) is 9.58. The zero-order valence-corrected chi connectivity index (χ0v) is 9.08. The van der Waals surface area contributed by atoms with Gasteiger partial charge in [-0.15, -0.1) is 23.1 Å². The molecule has 62 valence electrons. The van der Waals surface area contributed by atoms with Gasteiger partial charge in [0, 0.05) is 11.1 Å². The summed E-state index contributed by atoms with van der Waals surface area (Å²) in [7, 11) is 0. The number of hydrogen-bond acceptors (Lipinski definition) is 3. The second-order valence-corrected chi connectivity index (χ2v) is 4.97. The van der Waals surface area contributed by atoms with Crippen LogP contribution >= 0.6 is 39.0 Å². The maximum atomic E-state index is 9.19. The van der Waals surface area contributed by atoms with Crippen molar-refractivity contribution in [3.8, 4) is 0 Å². The quantitative estimate of drug-likeness (QED) is 0.657. The van der Waals surface area contributed by atoms with E-state index in [1.54, 1.807) is 23.1 Å². The Morgan fingerprint density at radius 1 is 1.73 bits per heavy atom. The highest BCUT2D eigenvalue weighted by atomic mass is 79.9. The molecule has 0 aliphatic rings. The van der Waals surface area contributed by atoms with Gasteiger partial charge < -0.3 is 5.11 Å². The van der Waals surface area contributed by atoms with E-state index in [2.05, 4.69) is 22.0 Å². The van der Waals surface area contributed by atoms with E-state index in [9.17, 15) is 5.11 Å². The fourth-order valence-electron chi connectivity index (χ4n) is 0.568. The molecule has 0 bridgehead atoms. The van der Waals surface area contributed by atoms with Gasteiger partial charge in [0.2, 0.25) is 0 Å². The number of thioether (sulfide) groups is 1. The molecule has 1 aromatic heterocycles. The van der Waals surface area contributed by atoms with Crippen LogP contribution in [0.2, 0.25) is 0 Å². The molecule has 0 spiro atoms. The van der Waals surface area contributed by atoms with Crippen LogP contribution in [-0.4, -0.2) is 22.3 Å². The normalized spacial score (nSPS) is 13.3. The Labute approximate surface area is 83.0 Å². The van der Waals surface area contributed by atoms with Gasteiger partial charge in [-0.3, -0.25) is 0 Å². The van der Waals surface area contributed by atoms with E-state index in [0.717, 1.165) is 5.75 Å². The molecule has 1 aromatic rings. The predicted molar refractivity (Wildman–Crippen MR) is 54.8 cm³/mol. The standard InChI is InChI=1S/C7H9BrOS2/c8-4-6(9)5-11-7-2-1-3-10-7/h1-3,6,9H,4-5H2. The van der Waals surface area contributed by atoms with Crippen LogP contribution < -0.4 is 0 Å². The minimum atomic E-state index is -0.234. The van der Waals surface area contributed by atoms with E-state index >= 15 is 0 Å². The molecule has 0 aliphatic heterocycles. The van der Waals surface area contributed by atoms with Crippen molar-refractivity contribution >= 4 is 39.0 Å². The van der Waals surface area contributed by atoms with Crippen molar-refractivity contribution in [3.05, 3.63) is 17.5 Å². The van der Waals surface area contributed by atoms with Gasteiger partial charge in [0.15, 0.2) is 0 Å². The summed E-state index contributed by atoms with van der Waals surface area (Å²) in [6.45, 7) is 0. The summed E-state index contributed by atoms with van der Waals surface area (Å²) in [4.78, 5) is 0. The lowest BCUT2D eigenvalue weighted by Gasteiger charge is -2.03. The monoisotopic (exact) mass is 252 g/mol. The number of rotatable bonds is 4. The Morgan fingerprint density at radius 3 is 3.09 bits per heavy atom. The van der Waals surface area contributed by atoms with Crippen LogP contribution in [0.15, 0.2) is 21.7 Å². The van der Waals surface area contributed by atoms with Gasteiger partial charge in [0.25, 0.3) is 0 Å². The Balaban J connectivity index is 2.23. The highest BCUT2D eigenvalue weighted by Crippen LogP contribution is 2.23. The van der Waals surface area contributed by atoms with Crippen LogP contribution in [0.4, 0.5) is 0 Å². The van der Waals surface area contributed by atoms with Crippen LogP contribution in [-0.2, 0) is 0 Å². The number of thiophene rings is 1. The van der Waals surface area contributed by atoms with Crippen LogP contribution in [0.3, 0.4) is 0 Å². The van der Waals surface area contributed by atoms with Gasteiger partial charge in [-0.25, -0.2) is 0 Å². The molecule has 0 aromatic carbocycles. The molecule has 0 fully saturated rings. The van der Waals surface area contributed by atoms with Gasteiger partial charge in [-0.1, -0.05) is 22.0 Å². The number of aliphatic hydroxyl groups is 1. The third-order valence-corrected chi connectivity index (χ3v) is 4.11. The predicted octanol–water partition coefficient (Wildman–Crippen LogP) is 2.60. The first-order chi connectivity index (χ1) is 5.33. The summed E-state index contributed by atoms with van der Waals surface area (Å²) in [5.41, 5.74) is 0. The number of hydrogen-bond donors (Lipinski definition) is 1. The first-order valence-corrected chi connectivity index (χ1v) is 6.22. The van der Waals surface area contributed by atoms with Crippen molar-refractivity contribution < 1.29 is 5.11 Å². The van der Waals surface area contributed by atoms with E-state index in [-0.39, 0.29) is 6.10 Å². The summed E-state index contributed by atoms with van der Waals surface area (Å²) in [5.74, 6) is 0.770. The first-order valence-electron chi connectivity index (χ1n) is 3.23. The van der Waals surface area contributed by atoms with E-state index in [1.165, 1.54) is 4.21 Å². The average molecular weight is 253 g/mol. The SMILES string of the molecule is OC(CBr)CSc1cccs1. The molecule has 0 saturated heterocycles. The Kier molecular flexibility index (Phi) is 4.52.